The lowest BCUT2D eigenvalue weighted by molar-refractivity contribution is -0.113. The highest BCUT2D eigenvalue weighted by molar-refractivity contribution is 7.99. The first-order chi connectivity index (χ1) is 14.4. The van der Waals surface area contributed by atoms with Crippen molar-refractivity contribution in [3.05, 3.63) is 46.4 Å². The van der Waals surface area contributed by atoms with Crippen LogP contribution in [0.25, 0.3) is 0 Å². The first-order valence-corrected chi connectivity index (χ1v) is 11.4. The minimum absolute atomic E-state index is 0.164. The monoisotopic (exact) mass is 447 g/mol. The third-order valence-electron chi connectivity index (χ3n) is 4.53. The maximum Gasteiger partial charge on any atom is 0.341 e. The van der Waals surface area contributed by atoms with E-state index >= 15 is 0 Å². The number of amides is 1. The van der Waals surface area contributed by atoms with Crippen molar-refractivity contribution in [3.8, 4) is 0 Å². The fourth-order valence-corrected chi connectivity index (χ4v) is 4.56. The normalized spacial score (nSPS) is 10.9. The molecule has 30 heavy (non-hydrogen) atoms. The second-order valence-corrected chi connectivity index (χ2v) is 8.69. The molecule has 0 radical (unpaired) electrons. The van der Waals surface area contributed by atoms with Crippen molar-refractivity contribution in [2.45, 2.75) is 31.8 Å². The van der Waals surface area contributed by atoms with Gasteiger partial charge in [0, 0.05) is 37.3 Å². The summed E-state index contributed by atoms with van der Waals surface area (Å²) in [5.41, 5.74) is 1.54. The van der Waals surface area contributed by atoms with Crippen LogP contribution in [0.3, 0.4) is 0 Å². The Morgan fingerprint density at radius 2 is 2.07 bits per heavy atom. The third-order valence-corrected chi connectivity index (χ3v) is 6.74. The van der Waals surface area contributed by atoms with E-state index in [4.69, 9.17) is 4.74 Å². The molecule has 3 heterocycles. The second kappa shape index (κ2) is 9.94. The predicted octanol–water partition coefficient (Wildman–Crippen LogP) is 3.28. The molecule has 3 rings (SSSR count). The fraction of sp³-hybridized carbons (Fsp3) is 0.400. The number of thioether (sulfide) groups is 1. The Kier molecular flexibility index (Phi) is 7.33. The van der Waals surface area contributed by atoms with Crippen LogP contribution in [0.1, 0.15) is 40.6 Å². The van der Waals surface area contributed by atoms with Crippen molar-refractivity contribution >= 4 is 40.0 Å². The molecule has 0 aromatic carbocycles. The summed E-state index contributed by atoms with van der Waals surface area (Å²) in [6.07, 6.45) is 3.44. The standard InChI is InChI=1S/C20H25N5O3S2/c1-5-14-11-15(19(27)28-6-2)18(30-14)21-17(26)12-29-20-23-22-16(25(20)4)10-13-8-7-9-24(13)3/h7-9,11H,5-6,10,12H2,1-4H3,(H,21,26). The van der Waals surface area contributed by atoms with Gasteiger partial charge in [-0.25, -0.2) is 4.79 Å². The highest BCUT2D eigenvalue weighted by Crippen LogP contribution is 2.29. The number of aromatic nitrogens is 4. The number of hydrogen-bond donors (Lipinski definition) is 1. The lowest BCUT2D eigenvalue weighted by atomic mass is 10.2. The summed E-state index contributed by atoms with van der Waals surface area (Å²) >= 11 is 2.70. The first-order valence-electron chi connectivity index (χ1n) is 9.63. The van der Waals surface area contributed by atoms with Crippen LogP contribution in [0.15, 0.2) is 29.6 Å². The van der Waals surface area contributed by atoms with Gasteiger partial charge in [-0.3, -0.25) is 4.79 Å². The Balaban J connectivity index is 1.62. The summed E-state index contributed by atoms with van der Waals surface area (Å²) in [5.74, 6) is 0.366. The number of rotatable bonds is 9. The summed E-state index contributed by atoms with van der Waals surface area (Å²) in [4.78, 5) is 25.7. The first kappa shape index (κ1) is 22.1. The molecule has 0 spiro atoms. The van der Waals surface area contributed by atoms with Crippen molar-refractivity contribution in [3.63, 3.8) is 0 Å². The van der Waals surface area contributed by atoms with Gasteiger partial charge in [-0.15, -0.1) is 21.5 Å². The molecule has 0 aliphatic carbocycles. The minimum atomic E-state index is -0.421. The minimum Gasteiger partial charge on any atom is -0.462 e. The summed E-state index contributed by atoms with van der Waals surface area (Å²) in [6.45, 7) is 4.05. The molecular formula is C20H25N5O3S2. The van der Waals surface area contributed by atoms with E-state index in [0.29, 0.717) is 22.1 Å². The van der Waals surface area contributed by atoms with Crippen LogP contribution >= 0.6 is 23.1 Å². The van der Waals surface area contributed by atoms with Crippen LogP contribution < -0.4 is 5.32 Å². The number of anilines is 1. The number of nitrogens with zero attached hydrogens (tertiary/aromatic N) is 4. The molecule has 8 nitrogen and oxygen atoms in total. The Hall–Kier alpha value is -2.59. The van der Waals surface area contributed by atoms with Crippen molar-refractivity contribution in [2.75, 3.05) is 17.7 Å². The molecule has 10 heteroatoms. The lowest BCUT2D eigenvalue weighted by Crippen LogP contribution is -2.16. The summed E-state index contributed by atoms with van der Waals surface area (Å²) in [6, 6.07) is 5.82. The van der Waals surface area contributed by atoms with Gasteiger partial charge in [0.2, 0.25) is 5.91 Å². The Morgan fingerprint density at radius 3 is 2.73 bits per heavy atom. The van der Waals surface area contributed by atoms with Gasteiger partial charge in [0.1, 0.15) is 10.8 Å². The maximum atomic E-state index is 12.5. The average molecular weight is 448 g/mol. The molecule has 1 N–H and O–H groups in total. The van der Waals surface area contributed by atoms with Gasteiger partial charge >= 0.3 is 5.97 Å². The highest BCUT2D eigenvalue weighted by Gasteiger charge is 2.19. The quantitative estimate of drug-likeness (QED) is 0.400. The van der Waals surface area contributed by atoms with E-state index in [0.717, 1.165) is 22.8 Å². The molecule has 160 valence electrons. The summed E-state index contributed by atoms with van der Waals surface area (Å²) in [7, 11) is 3.88. The zero-order valence-electron chi connectivity index (χ0n) is 17.5. The van der Waals surface area contributed by atoms with Crippen molar-refractivity contribution in [1.82, 2.24) is 19.3 Å². The van der Waals surface area contributed by atoms with Gasteiger partial charge < -0.3 is 19.2 Å². The second-order valence-electron chi connectivity index (χ2n) is 6.61. The molecule has 0 fully saturated rings. The topological polar surface area (TPSA) is 91.0 Å². The van der Waals surface area contributed by atoms with Crippen LogP contribution in [-0.4, -0.2) is 43.6 Å². The Bertz CT molecular complexity index is 1040. The van der Waals surface area contributed by atoms with Crippen LogP contribution in [0.2, 0.25) is 0 Å². The number of aryl methyl sites for hydroxylation is 2. The van der Waals surface area contributed by atoms with E-state index in [9.17, 15) is 9.59 Å². The summed E-state index contributed by atoms with van der Waals surface area (Å²) < 4.78 is 9.04. The molecule has 0 saturated heterocycles. The van der Waals surface area contributed by atoms with E-state index in [-0.39, 0.29) is 18.3 Å². The van der Waals surface area contributed by atoms with E-state index in [2.05, 4.69) is 15.5 Å². The van der Waals surface area contributed by atoms with Crippen molar-refractivity contribution in [2.24, 2.45) is 14.1 Å². The zero-order chi connectivity index (χ0) is 21.7. The van der Waals surface area contributed by atoms with E-state index in [1.807, 2.05) is 48.5 Å². The van der Waals surface area contributed by atoms with E-state index in [1.54, 1.807) is 13.0 Å². The average Bonchev–Trinajstić information content (AvgIpc) is 3.41. The van der Waals surface area contributed by atoms with Gasteiger partial charge in [-0.05, 0) is 31.5 Å². The number of carbonyl (C=O) groups is 2. The lowest BCUT2D eigenvalue weighted by Gasteiger charge is -2.07. The van der Waals surface area contributed by atoms with E-state index in [1.165, 1.54) is 23.1 Å². The molecular weight excluding hydrogens is 422 g/mol. The van der Waals surface area contributed by atoms with Gasteiger partial charge in [0.05, 0.1) is 17.9 Å². The van der Waals surface area contributed by atoms with Crippen LogP contribution in [0.4, 0.5) is 5.00 Å². The predicted molar refractivity (Wildman–Crippen MR) is 118 cm³/mol. The Labute approximate surface area is 183 Å². The number of thiophene rings is 1. The van der Waals surface area contributed by atoms with Crippen molar-refractivity contribution in [1.29, 1.82) is 0 Å². The van der Waals surface area contributed by atoms with Gasteiger partial charge in [0.15, 0.2) is 5.16 Å². The molecule has 0 atom stereocenters. The van der Waals surface area contributed by atoms with Gasteiger partial charge in [-0.2, -0.15) is 0 Å². The molecule has 0 bridgehead atoms. The Morgan fingerprint density at radius 1 is 1.27 bits per heavy atom. The number of hydrogen-bond acceptors (Lipinski definition) is 7. The molecule has 0 aliphatic heterocycles. The smallest absolute Gasteiger partial charge is 0.341 e. The highest BCUT2D eigenvalue weighted by atomic mass is 32.2. The molecule has 0 aliphatic rings. The third kappa shape index (κ3) is 5.11. The van der Waals surface area contributed by atoms with E-state index < -0.39 is 5.97 Å². The SMILES string of the molecule is CCOC(=O)c1cc(CC)sc1NC(=O)CSc1nnc(Cc2cccn2C)n1C. The van der Waals surface area contributed by atoms with Crippen LogP contribution in [-0.2, 0) is 36.5 Å². The molecule has 0 saturated carbocycles. The number of nitrogens with one attached hydrogen (secondary N) is 1. The fourth-order valence-electron chi connectivity index (χ4n) is 2.83. The van der Waals surface area contributed by atoms with Gasteiger partial charge in [0.25, 0.3) is 0 Å². The maximum absolute atomic E-state index is 12.5. The molecule has 3 aromatic rings. The van der Waals surface area contributed by atoms with Crippen LogP contribution in [0.5, 0.6) is 0 Å². The van der Waals surface area contributed by atoms with Crippen molar-refractivity contribution < 1.29 is 14.3 Å². The molecule has 3 aromatic heterocycles. The molecule has 0 unspecified atom stereocenters. The largest absolute Gasteiger partial charge is 0.462 e. The van der Waals surface area contributed by atoms with Gasteiger partial charge in [-0.1, -0.05) is 18.7 Å². The summed E-state index contributed by atoms with van der Waals surface area (Å²) in [5, 5.41) is 12.5. The number of esters is 1. The number of ether oxygens (including phenoxy) is 1. The zero-order valence-corrected chi connectivity index (χ0v) is 19.1. The van der Waals surface area contributed by atoms with Crippen LogP contribution in [0, 0.1) is 0 Å². The number of carbonyl (C=O) groups excluding carboxylic acids is 2. The molecule has 1 amide bonds.